The third-order valence-corrected chi connectivity index (χ3v) is 3.83. The summed E-state index contributed by atoms with van der Waals surface area (Å²) >= 11 is 0. The average molecular weight is 321 g/mol. The molecule has 0 spiro atoms. The summed E-state index contributed by atoms with van der Waals surface area (Å²) in [4.78, 5) is 15.2. The van der Waals surface area contributed by atoms with E-state index < -0.39 is 21.9 Å². The highest BCUT2D eigenvalue weighted by Crippen LogP contribution is 2.25. The summed E-state index contributed by atoms with van der Waals surface area (Å²) in [7, 11) is -4.26. The molecule has 22 heavy (non-hydrogen) atoms. The number of carboxylic acids is 1. The molecule has 11 heteroatoms. The molecule has 3 aromatic rings. The van der Waals surface area contributed by atoms with Gasteiger partial charge in [0.15, 0.2) is 5.65 Å². The molecule has 0 aromatic carbocycles. The maximum absolute atomic E-state index is 11.4. The number of anilines is 1. The van der Waals surface area contributed by atoms with Crippen molar-refractivity contribution < 1.29 is 18.3 Å². The van der Waals surface area contributed by atoms with Crippen molar-refractivity contribution in [1.82, 2.24) is 18.6 Å². The minimum Gasteiger partial charge on any atom is -0.543 e. The monoisotopic (exact) mass is 321 g/mol. The van der Waals surface area contributed by atoms with Crippen LogP contribution in [0.4, 0.5) is 5.95 Å². The van der Waals surface area contributed by atoms with Gasteiger partial charge in [-0.1, -0.05) is 0 Å². The number of carbonyl (C=O) groups excluding carboxylic acids is 1. The summed E-state index contributed by atoms with van der Waals surface area (Å²) in [6, 6.07) is 4.42. The lowest BCUT2D eigenvalue weighted by molar-refractivity contribution is -0.255. The number of aromatic nitrogens is 4. The van der Waals surface area contributed by atoms with Crippen LogP contribution in [0.15, 0.2) is 30.6 Å². The summed E-state index contributed by atoms with van der Waals surface area (Å²) in [5.74, 6) is -1.62. The molecule has 0 saturated carbocycles. The molecule has 0 atom stereocenters. The highest BCUT2D eigenvalue weighted by atomic mass is 32.2. The van der Waals surface area contributed by atoms with Crippen molar-refractivity contribution in [2.24, 2.45) is 5.14 Å². The molecule has 3 aromatic heterocycles. The number of rotatable bonds is 3. The Hall–Kier alpha value is -2.92. The van der Waals surface area contributed by atoms with Crippen molar-refractivity contribution in [3.8, 4) is 11.1 Å². The van der Waals surface area contributed by atoms with Crippen LogP contribution in [-0.2, 0) is 10.2 Å². The lowest BCUT2D eigenvalue weighted by atomic mass is 10.1. The van der Waals surface area contributed by atoms with Crippen LogP contribution >= 0.6 is 0 Å². The van der Waals surface area contributed by atoms with E-state index in [0.29, 0.717) is 15.2 Å². The standard InChI is InChI=1S/C11H10N6O4S/c12-11-14-8-2-1-6(5-16(8)15-11)7-3-4-17(22(13,20)21)9(7)10(18)19/h1-5H,(H2,12,15)(H,18,19)(H2,13,20,21)/p-1. The third kappa shape index (κ3) is 2.17. The minimum absolute atomic E-state index is 0.0550. The largest absolute Gasteiger partial charge is 0.543 e. The molecule has 0 saturated heterocycles. The van der Waals surface area contributed by atoms with Crippen LogP contribution in [0.1, 0.15) is 10.5 Å². The predicted octanol–water partition coefficient (Wildman–Crippen LogP) is -1.80. The Balaban J connectivity index is 2.26. The number of nitrogens with zero attached hydrogens (tertiary/aromatic N) is 4. The van der Waals surface area contributed by atoms with Gasteiger partial charge in [-0.05, 0) is 18.2 Å². The van der Waals surface area contributed by atoms with Gasteiger partial charge in [0.05, 0.1) is 11.7 Å². The maximum Gasteiger partial charge on any atom is 0.302 e. The molecule has 0 aliphatic carbocycles. The van der Waals surface area contributed by atoms with E-state index in [1.165, 1.54) is 16.8 Å². The highest BCUT2D eigenvalue weighted by molar-refractivity contribution is 7.87. The second-order valence-corrected chi connectivity index (χ2v) is 5.82. The topological polar surface area (TPSA) is 161 Å². The minimum atomic E-state index is -4.26. The van der Waals surface area contributed by atoms with Gasteiger partial charge in [0.1, 0.15) is 0 Å². The fraction of sp³-hybridized carbons (Fsp3) is 0. The van der Waals surface area contributed by atoms with E-state index >= 15 is 0 Å². The van der Waals surface area contributed by atoms with Crippen LogP contribution in [0, 0.1) is 0 Å². The van der Waals surface area contributed by atoms with Crippen molar-refractivity contribution in [3.05, 3.63) is 36.3 Å². The number of nitrogens with two attached hydrogens (primary N) is 2. The van der Waals surface area contributed by atoms with Crippen LogP contribution in [0.5, 0.6) is 0 Å². The number of aromatic carboxylic acids is 1. The van der Waals surface area contributed by atoms with Gasteiger partial charge in [-0.15, -0.1) is 5.10 Å². The molecule has 0 fully saturated rings. The second kappa shape index (κ2) is 4.54. The predicted molar refractivity (Wildman–Crippen MR) is 73.7 cm³/mol. The smallest absolute Gasteiger partial charge is 0.302 e. The molecule has 0 unspecified atom stereocenters. The summed E-state index contributed by atoms with van der Waals surface area (Å²) < 4.78 is 24.6. The van der Waals surface area contributed by atoms with Crippen molar-refractivity contribution in [1.29, 1.82) is 0 Å². The molecule has 4 N–H and O–H groups in total. The van der Waals surface area contributed by atoms with Crippen LogP contribution in [0.25, 0.3) is 16.8 Å². The molecule has 3 heterocycles. The Morgan fingerprint density at radius 2 is 2.00 bits per heavy atom. The summed E-state index contributed by atoms with van der Waals surface area (Å²) in [5, 5.41) is 20.2. The molecular formula is C11H9N6O4S-. The number of nitrogen functional groups attached to an aromatic ring is 1. The zero-order valence-electron chi connectivity index (χ0n) is 10.9. The molecule has 0 bridgehead atoms. The number of carbonyl (C=O) groups is 1. The number of carboxylic acid groups (broad SMARTS) is 1. The Bertz CT molecular complexity index is 1000. The Morgan fingerprint density at radius 3 is 2.64 bits per heavy atom. The van der Waals surface area contributed by atoms with E-state index in [4.69, 9.17) is 10.9 Å². The van der Waals surface area contributed by atoms with E-state index in [-0.39, 0.29) is 11.5 Å². The molecule has 0 aliphatic rings. The molecular weight excluding hydrogens is 312 g/mol. The maximum atomic E-state index is 11.4. The van der Waals surface area contributed by atoms with Gasteiger partial charge in [-0.25, -0.2) is 13.6 Å². The summed E-state index contributed by atoms with van der Waals surface area (Å²) in [6.07, 6.45) is 2.50. The number of hydrogen-bond donors (Lipinski definition) is 2. The number of fused-ring (bicyclic) bond motifs is 1. The quantitative estimate of drug-likeness (QED) is 0.574. The van der Waals surface area contributed by atoms with Gasteiger partial charge in [0, 0.05) is 23.5 Å². The first kappa shape index (κ1) is 14.0. The van der Waals surface area contributed by atoms with Crippen molar-refractivity contribution in [3.63, 3.8) is 0 Å². The fourth-order valence-corrected chi connectivity index (χ4v) is 2.78. The molecule has 3 rings (SSSR count). The molecule has 0 radical (unpaired) electrons. The van der Waals surface area contributed by atoms with E-state index in [1.54, 1.807) is 12.1 Å². The fourth-order valence-electron chi connectivity index (χ4n) is 2.12. The zero-order valence-corrected chi connectivity index (χ0v) is 11.7. The van der Waals surface area contributed by atoms with Gasteiger partial charge in [0.25, 0.3) is 0 Å². The SMILES string of the molecule is Nc1nc2ccc(-c3ccn(S(N)(=O)=O)c3C(=O)[O-])cn2n1. The van der Waals surface area contributed by atoms with E-state index in [2.05, 4.69) is 10.1 Å². The Labute approximate surface area is 123 Å². The Morgan fingerprint density at radius 1 is 1.27 bits per heavy atom. The van der Waals surface area contributed by atoms with Gasteiger partial charge >= 0.3 is 10.2 Å². The first-order valence-corrected chi connectivity index (χ1v) is 7.36. The first-order valence-electron chi connectivity index (χ1n) is 5.85. The molecule has 10 nitrogen and oxygen atoms in total. The molecule has 114 valence electrons. The Kier molecular flexibility index (Phi) is 2.90. The van der Waals surface area contributed by atoms with Gasteiger partial charge in [0.2, 0.25) is 5.95 Å². The molecule has 0 aliphatic heterocycles. The van der Waals surface area contributed by atoms with E-state index in [1.807, 2.05) is 0 Å². The van der Waals surface area contributed by atoms with Crippen molar-refractivity contribution in [2.75, 3.05) is 5.73 Å². The van der Waals surface area contributed by atoms with Crippen LogP contribution in [0.2, 0.25) is 0 Å². The second-order valence-electron chi connectivity index (χ2n) is 4.40. The number of hydrogen-bond acceptors (Lipinski definition) is 7. The summed E-state index contributed by atoms with van der Waals surface area (Å²) in [6.45, 7) is 0. The first-order chi connectivity index (χ1) is 10.3. The van der Waals surface area contributed by atoms with Crippen LogP contribution < -0.4 is 16.0 Å². The van der Waals surface area contributed by atoms with Gasteiger partial charge < -0.3 is 15.6 Å². The van der Waals surface area contributed by atoms with E-state index in [9.17, 15) is 18.3 Å². The van der Waals surface area contributed by atoms with E-state index in [0.717, 1.165) is 6.20 Å². The lowest BCUT2D eigenvalue weighted by Gasteiger charge is -2.10. The number of pyridine rings is 1. The average Bonchev–Trinajstić information content (AvgIpc) is 2.98. The van der Waals surface area contributed by atoms with Crippen LogP contribution in [-0.4, -0.2) is 33.0 Å². The highest BCUT2D eigenvalue weighted by Gasteiger charge is 2.18. The third-order valence-electron chi connectivity index (χ3n) is 2.98. The van der Waals surface area contributed by atoms with Gasteiger partial charge in [-0.3, -0.25) is 0 Å². The summed E-state index contributed by atoms with van der Waals surface area (Å²) in [5.41, 5.74) is 5.86. The normalized spacial score (nSPS) is 11.9. The van der Waals surface area contributed by atoms with Crippen molar-refractivity contribution in [2.45, 2.75) is 0 Å². The lowest BCUT2D eigenvalue weighted by Crippen LogP contribution is -2.31. The molecule has 0 amide bonds. The van der Waals surface area contributed by atoms with Crippen LogP contribution in [0.3, 0.4) is 0 Å². The van der Waals surface area contributed by atoms with Crippen molar-refractivity contribution >= 4 is 27.8 Å². The zero-order chi connectivity index (χ0) is 16.1. The van der Waals surface area contributed by atoms with Gasteiger partial charge in [-0.2, -0.15) is 13.4 Å².